The summed E-state index contributed by atoms with van der Waals surface area (Å²) in [7, 11) is 0. The van der Waals surface area contributed by atoms with Crippen molar-refractivity contribution in [3.8, 4) is 11.5 Å². The van der Waals surface area contributed by atoms with Gasteiger partial charge in [-0.15, -0.1) is 0 Å². The van der Waals surface area contributed by atoms with Crippen LogP contribution in [-0.4, -0.2) is 54.2 Å². The van der Waals surface area contributed by atoms with Crippen LogP contribution in [-0.2, 0) is 0 Å². The Kier molecular flexibility index (Phi) is 7.13. The van der Waals surface area contributed by atoms with E-state index in [1.165, 1.54) is 11.1 Å². The van der Waals surface area contributed by atoms with Crippen LogP contribution in [0.5, 0.6) is 11.5 Å². The molecule has 1 N–H and O–H groups in total. The average molecular weight is 431 g/mol. The summed E-state index contributed by atoms with van der Waals surface area (Å²) in [4.78, 5) is 5.08. The normalized spacial score (nSPS) is 15.2. The van der Waals surface area contributed by atoms with Crippen LogP contribution >= 0.6 is 0 Å². The average Bonchev–Trinajstić information content (AvgIpc) is 2.83. The molecular formula is C28H34N2O2. The molecule has 0 spiro atoms. The van der Waals surface area contributed by atoms with Crippen molar-refractivity contribution in [2.24, 2.45) is 0 Å². The van der Waals surface area contributed by atoms with Gasteiger partial charge in [0.05, 0.1) is 6.04 Å². The van der Waals surface area contributed by atoms with Crippen LogP contribution in [0.2, 0.25) is 0 Å². The van der Waals surface area contributed by atoms with Crippen molar-refractivity contribution < 1.29 is 9.84 Å². The topological polar surface area (TPSA) is 35.9 Å². The molecule has 1 fully saturated rings. The standard InChI is InChI=1S/C28H34N2O2/c1-21-20-26(22(2)23(3)28(21)31)32-19-18-29-14-16-30(17-15-29)27(24-10-6-4-7-11-24)25-12-8-5-9-13-25/h4-13,20,27,31H,14-19H2,1-3H3. The van der Waals surface area contributed by atoms with Crippen LogP contribution in [0.3, 0.4) is 0 Å². The molecule has 0 atom stereocenters. The highest BCUT2D eigenvalue weighted by Gasteiger charge is 2.26. The summed E-state index contributed by atoms with van der Waals surface area (Å²) < 4.78 is 6.10. The highest BCUT2D eigenvalue weighted by Crippen LogP contribution is 2.32. The molecular weight excluding hydrogens is 396 g/mol. The van der Waals surface area contributed by atoms with Gasteiger partial charge < -0.3 is 9.84 Å². The number of hydrogen-bond donors (Lipinski definition) is 1. The Bertz CT molecular complexity index is 973. The second kappa shape index (κ2) is 10.2. The molecule has 1 saturated heterocycles. The minimum absolute atomic E-state index is 0.293. The molecule has 0 aromatic heterocycles. The van der Waals surface area contributed by atoms with E-state index >= 15 is 0 Å². The van der Waals surface area contributed by atoms with Crippen molar-refractivity contribution >= 4 is 0 Å². The summed E-state index contributed by atoms with van der Waals surface area (Å²) in [5.41, 5.74) is 5.49. The first-order chi connectivity index (χ1) is 15.5. The van der Waals surface area contributed by atoms with Gasteiger partial charge in [-0.3, -0.25) is 9.80 Å². The van der Waals surface area contributed by atoms with E-state index in [-0.39, 0.29) is 0 Å². The second-order valence-electron chi connectivity index (χ2n) is 8.74. The monoisotopic (exact) mass is 430 g/mol. The van der Waals surface area contributed by atoms with E-state index in [0.717, 1.165) is 55.2 Å². The predicted octanol–water partition coefficient (Wildman–Crippen LogP) is 5.10. The highest BCUT2D eigenvalue weighted by molar-refractivity contribution is 5.51. The van der Waals surface area contributed by atoms with Crippen LogP contribution in [0.25, 0.3) is 0 Å². The number of piperazine rings is 1. The maximum Gasteiger partial charge on any atom is 0.123 e. The van der Waals surface area contributed by atoms with Crippen LogP contribution in [0, 0.1) is 20.8 Å². The highest BCUT2D eigenvalue weighted by atomic mass is 16.5. The predicted molar refractivity (Wildman–Crippen MR) is 131 cm³/mol. The van der Waals surface area contributed by atoms with Crippen LogP contribution in [0.15, 0.2) is 66.7 Å². The maximum absolute atomic E-state index is 10.1. The summed E-state index contributed by atoms with van der Waals surface area (Å²) in [6, 6.07) is 23.9. The van der Waals surface area contributed by atoms with E-state index in [1.54, 1.807) is 0 Å². The van der Waals surface area contributed by atoms with Crippen molar-refractivity contribution in [3.63, 3.8) is 0 Å². The van der Waals surface area contributed by atoms with Gasteiger partial charge in [0.15, 0.2) is 0 Å². The van der Waals surface area contributed by atoms with E-state index in [4.69, 9.17) is 4.74 Å². The third-order valence-corrected chi connectivity index (χ3v) is 6.68. The minimum atomic E-state index is 0.293. The van der Waals surface area contributed by atoms with E-state index in [0.29, 0.717) is 18.4 Å². The molecule has 1 aliphatic rings. The van der Waals surface area contributed by atoms with Crippen molar-refractivity contribution in [1.29, 1.82) is 0 Å². The molecule has 168 valence electrons. The van der Waals surface area contributed by atoms with E-state index in [1.807, 2.05) is 26.8 Å². The Morgan fingerprint density at radius 3 is 1.94 bits per heavy atom. The zero-order chi connectivity index (χ0) is 22.5. The second-order valence-corrected chi connectivity index (χ2v) is 8.74. The third kappa shape index (κ3) is 4.98. The van der Waals surface area contributed by atoms with Gasteiger partial charge in [-0.05, 0) is 54.7 Å². The van der Waals surface area contributed by atoms with E-state index < -0.39 is 0 Å². The summed E-state index contributed by atoms with van der Waals surface area (Å²) in [6.07, 6.45) is 0. The first-order valence-corrected chi connectivity index (χ1v) is 11.5. The fourth-order valence-electron chi connectivity index (χ4n) is 4.60. The first kappa shape index (κ1) is 22.4. The number of rotatable bonds is 7. The lowest BCUT2D eigenvalue weighted by Gasteiger charge is -2.39. The molecule has 1 heterocycles. The molecule has 0 radical (unpaired) electrons. The molecule has 4 nitrogen and oxygen atoms in total. The van der Waals surface area contributed by atoms with Gasteiger partial charge in [0.2, 0.25) is 0 Å². The molecule has 1 aliphatic heterocycles. The number of nitrogens with zero attached hydrogens (tertiary/aromatic N) is 2. The Morgan fingerprint density at radius 1 is 0.812 bits per heavy atom. The molecule has 32 heavy (non-hydrogen) atoms. The Morgan fingerprint density at radius 2 is 1.38 bits per heavy atom. The van der Waals surface area contributed by atoms with Gasteiger partial charge in [0.25, 0.3) is 0 Å². The third-order valence-electron chi connectivity index (χ3n) is 6.68. The lowest BCUT2D eigenvalue weighted by molar-refractivity contribution is 0.0976. The molecule has 0 bridgehead atoms. The quantitative estimate of drug-likeness (QED) is 0.565. The van der Waals surface area contributed by atoms with Gasteiger partial charge in [0.1, 0.15) is 18.1 Å². The van der Waals surface area contributed by atoms with Crippen LogP contribution in [0.4, 0.5) is 0 Å². The lowest BCUT2D eigenvalue weighted by Crippen LogP contribution is -2.48. The van der Waals surface area contributed by atoms with Gasteiger partial charge in [0, 0.05) is 32.7 Å². The molecule has 4 heteroatoms. The Labute approximate surface area is 192 Å². The van der Waals surface area contributed by atoms with Crippen LogP contribution in [0.1, 0.15) is 33.9 Å². The number of aryl methyl sites for hydroxylation is 1. The Hall–Kier alpha value is -2.82. The summed E-state index contributed by atoms with van der Waals surface area (Å²) in [6.45, 7) is 11.6. The van der Waals surface area contributed by atoms with Gasteiger partial charge in [-0.25, -0.2) is 0 Å². The molecule has 0 aliphatic carbocycles. The van der Waals surface area contributed by atoms with Crippen molar-refractivity contribution in [2.75, 3.05) is 39.3 Å². The molecule has 3 aromatic rings. The minimum Gasteiger partial charge on any atom is -0.507 e. The zero-order valence-corrected chi connectivity index (χ0v) is 19.4. The van der Waals surface area contributed by atoms with Crippen LogP contribution < -0.4 is 4.74 Å². The fourth-order valence-corrected chi connectivity index (χ4v) is 4.60. The lowest BCUT2D eigenvalue weighted by atomic mass is 9.96. The first-order valence-electron chi connectivity index (χ1n) is 11.5. The number of ether oxygens (including phenoxy) is 1. The fraction of sp³-hybridized carbons (Fsp3) is 0.357. The van der Waals surface area contributed by atoms with Crippen molar-refractivity contribution in [2.45, 2.75) is 26.8 Å². The number of benzene rings is 3. The summed E-state index contributed by atoms with van der Waals surface area (Å²) in [5, 5.41) is 10.1. The van der Waals surface area contributed by atoms with Crippen molar-refractivity contribution in [1.82, 2.24) is 9.80 Å². The van der Waals surface area contributed by atoms with Crippen molar-refractivity contribution in [3.05, 3.63) is 94.5 Å². The Balaban J connectivity index is 1.35. The largest absolute Gasteiger partial charge is 0.507 e. The molecule has 3 aromatic carbocycles. The maximum atomic E-state index is 10.1. The number of phenolic OH excluding ortho intramolecular Hbond substituents is 1. The smallest absolute Gasteiger partial charge is 0.123 e. The molecule has 4 rings (SSSR count). The molecule has 0 unspecified atom stereocenters. The van der Waals surface area contributed by atoms with Gasteiger partial charge in [-0.2, -0.15) is 0 Å². The summed E-state index contributed by atoms with van der Waals surface area (Å²) in [5.74, 6) is 1.25. The number of aromatic hydroxyl groups is 1. The number of phenols is 1. The van der Waals surface area contributed by atoms with E-state index in [9.17, 15) is 5.11 Å². The zero-order valence-electron chi connectivity index (χ0n) is 19.4. The molecule has 0 saturated carbocycles. The van der Waals surface area contributed by atoms with E-state index in [2.05, 4.69) is 70.5 Å². The van der Waals surface area contributed by atoms with Gasteiger partial charge in [-0.1, -0.05) is 60.7 Å². The number of hydrogen-bond acceptors (Lipinski definition) is 4. The van der Waals surface area contributed by atoms with Gasteiger partial charge >= 0.3 is 0 Å². The summed E-state index contributed by atoms with van der Waals surface area (Å²) >= 11 is 0. The molecule has 0 amide bonds. The SMILES string of the molecule is Cc1cc(OCCN2CCN(C(c3ccccc3)c3ccccc3)CC2)c(C)c(C)c1O.